The molecule has 1 atom stereocenters. The zero-order valence-electron chi connectivity index (χ0n) is 14.5. The summed E-state index contributed by atoms with van der Waals surface area (Å²) in [6.07, 6.45) is -0.679. The number of carbonyl (C=O) groups excluding carboxylic acids is 3. The number of ketones is 1. The van der Waals surface area contributed by atoms with E-state index in [-0.39, 0.29) is 19.0 Å². The molecule has 1 aliphatic rings. The fraction of sp³-hybridized carbons (Fsp3) is 0.222. The first-order valence-corrected chi connectivity index (χ1v) is 8.03. The third kappa shape index (κ3) is 4.14. The summed E-state index contributed by atoms with van der Waals surface area (Å²) in [5.41, 5.74) is 5.70. The van der Waals surface area contributed by atoms with Crippen molar-refractivity contribution >= 4 is 23.5 Å². The van der Waals surface area contributed by atoms with Gasteiger partial charge in [0.05, 0.1) is 5.69 Å². The second-order valence-electron chi connectivity index (χ2n) is 5.69. The van der Waals surface area contributed by atoms with Gasteiger partial charge in [0.2, 0.25) is 11.9 Å². The van der Waals surface area contributed by atoms with E-state index in [0.29, 0.717) is 22.9 Å². The zero-order valence-corrected chi connectivity index (χ0v) is 14.5. The molecule has 2 heterocycles. The smallest absolute Gasteiger partial charge is 0.405 e. The third-order valence-electron chi connectivity index (χ3n) is 3.87. The summed E-state index contributed by atoms with van der Waals surface area (Å²) in [6.45, 7) is -0.362. The molecule has 9 heteroatoms. The average Bonchev–Trinajstić information content (AvgIpc) is 2.78. The number of amides is 2. The summed E-state index contributed by atoms with van der Waals surface area (Å²) in [7, 11) is 1.51. The normalized spacial score (nSPS) is 16.0. The number of pyridine rings is 1. The molecule has 0 bridgehead atoms. The quantitative estimate of drug-likeness (QED) is 0.783. The number of Topliss-reactive ketones (excluding diaryl/α,β-unsaturated/α-hetero) is 1. The van der Waals surface area contributed by atoms with Gasteiger partial charge in [0.25, 0.3) is 5.91 Å². The van der Waals surface area contributed by atoms with Gasteiger partial charge in [-0.1, -0.05) is 6.07 Å². The number of nitrogens with two attached hydrogens (primary N) is 1. The minimum absolute atomic E-state index is 0.155. The van der Waals surface area contributed by atoms with Gasteiger partial charge in [-0.2, -0.15) is 0 Å². The largest absolute Gasteiger partial charge is 0.487 e. The van der Waals surface area contributed by atoms with Gasteiger partial charge in [-0.25, -0.2) is 4.79 Å². The highest BCUT2D eigenvalue weighted by Gasteiger charge is 2.32. The molecule has 2 amide bonds. The van der Waals surface area contributed by atoms with Crippen LogP contribution in [0.25, 0.3) is 0 Å². The molecule has 1 aromatic carbocycles. The van der Waals surface area contributed by atoms with Crippen LogP contribution in [0.2, 0.25) is 0 Å². The molecule has 2 aromatic rings. The van der Waals surface area contributed by atoms with Crippen molar-refractivity contribution in [1.29, 1.82) is 0 Å². The van der Waals surface area contributed by atoms with Crippen LogP contribution in [0.5, 0.6) is 11.5 Å². The van der Waals surface area contributed by atoms with Crippen LogP contribution in [0.15, 0.2) is 42.6 Å². The molecule has 0 unspecified atom stereocenters. The lowest BCUT2D eigenvalue weighted by atomic mass is 10.2. The Kier molecular flexibility index (Phi) is 5.20. The van der Waals surface area contributed by atoms with Crippen molar-refractivity contribution < 1.29 is 28.6 Å². The van der Waals surface area contributed by atoms with Crippen molar-refractivity contribution in [2.45, 2.75) is 6.10 Å². The van der Waals surface area contributed by atoms with Crippen molar-refractivity contribution in [1.82, 2.24) is 4.98 Å². The fourth-order valence-electron chi connectivity index (χ4n) is 2.52. The topological polar surface area (TPSA) is 121 Å². The predicted octanol–water partition coefficient (Wildman–Crippen LogP) is 1.16. The lowest BCUT2D eigenvalue weighted by molar-refractivity contribution is -0.127. The monoisotopic (exact) mass is 371 g/mol. The van der Waals surface area contributed by atoms with Gasteiger partial charge < -0.3 is 24.8 Å². The summed E-state index contributed by atoms with van der Waals surface area (Å²) in [6, 6.07) is 9.80. The molecule has 9 nitrogen and oxygen atoms in total. The summed E-state index contributed by atoms with van der Waals surface area (Å²) < 4.78 is 15.8. The van der Waals surface area contributed by atoms with Gasteiger partial charge in [0.15, 0.2) is 6.61 Å². The minimum Gasteiger partial charge on any atom is -0.487 e. The van der Waals surface area contributed by atoms with E-state index in [2.05, 4.69) is 4.98 Å². The second kappa shape index (κ2) is 7.73. The van der Waals surface area contributed by atoms with Crippen LogP contribution in [0.3, 0.4) is 0 Å². The van der Waals surface area contributed by atoms with E-state index >= 15 is 0 Å². The molecule has 0 fully saturated rings. The van der Waals surface area contributed by atoms with Crippen molar-refractivity contribution in [3.05, 3.63) is 48.3 Å². The lowest BCUT2D eigenvalue weighted by Gasteiger charge is -2.19. The Bertz CT molecular complexity index is 871. The first kappa shape index (κ1) is 18.2. The van der Waals surface area contributed by atoms with Crippen LogP contribution < -0.4 is 20.1 Å². The molecular formula is C18H17N3O6. The molecule has 1 aliphatic heterocycles. The van der Waals surface area contributed by atoms with E-state index in [1.165, 1.54) is 18.1 Å². The number of anilines is 1. The number of hydrogen-bond acceptors (Lipinski definition) is 7. The van der Waals surface area contributed by atoms with E-state index in [1.807, 2.05) is 0 Å². The molecular weight excluding hydrogens is 354 g/mol. The second-order valence-corrected chi connectivity index (χ2v) is 5.69. The van der Waals surface area contributed by atoms with Crippen molar-refractivity contribution in [2.24, 2.45) is 5.73 Å². The molecule has 2 N–H and O–H groups in total. The van der Waals surface area contributed by atoms with Crippen LogP contribution in [0, 0.1) is 0 Å². The standard InChI is InChI=1S/C18H17N3O6/c1-21-13-8-11(25-9-14(22)12-4-2-3-7-20-12)5-6-15(13)26-10-16(17(21)23)27-18(19)24/h2-8,16H,9-10H2,1H3,(H2,19,24)/t16-/m0/s1. The highest BCUT2D eigenvalue weighted by atomic mass is 16.6. The molecule has 0 radical (unpaired) electrons. The Balaban J connectivity index is 1.73. The predicted molar refractivity (Wildman–Crippen MR) is 93.9 cm³/mol. The highest BCUT2D eigenvalue weighted by Crippen LogP contribution is 2.34. The number of nitrogens with zero attached hydrogens (tertiary/aromatic N) is 2. The van der Waals surface area contributed by atoms with Gasteiger partial charge in [0, 0.05) is 19.3 Å². The van der Waals surface area contributed by atoms with E-state index < -0.39 is 18.1 Å². The summed E-state index contributed by atoms with van der Waals surface area (Å²) in [5.74, 6) is 0.00998. The molecule has 27 heavy (non-hydrogen) atoms. The van der Waals surface area contributed by atoms with Gasteiger partial charge in [-0.15, -0.1) is 0 Å². The first-order valence-electron chi connectivity index (χ1n) is 8.03. The highest BCUT2D eigenvalue weighted by molar-refractivity contribution is 5.99. The maximum Gasteiger partial charge on any atom is 0.405 e. The maximum absolute atomic E-state index is 12.4. The Morgan fingerprint density at radius 2 is 2.15 bits per heavy atom. The summed E-state index contributed by atoms with van der Waals surface area (Å²) in [5, 5.41) is 0. The van der Waals surface area contributed by atoms with Crippen LogP contribution in [0.4, 0.5) is 10.5 Å². The van der Waals surface area contributed by atoms with Gasteiger partial charge >= 0.3 is 6.09 Å². The first-order chi connectivity index (χ1) is 13.0. The number of carbonyl (C=O) groups is 3. The number of primary amides is 1. The Labute approximate surface area is 154 Å². The van der Waals surface area contributed by atoms with Crippen molar-refractivity contribution in [2.75, 3.05) is 25.2 Å². The summed E-state index contributed by atoms with van der Waals surface area (Å²) in [4.78, 5) is 40.7. The van der Waals surface area contributed by atoms with Crippen LogP contribution in [0.1, 0.15) is 10.5 Å². The minimum atomic E-state index is -1.14. The number of ether oxygens (including phenoxy) is 3. The van der Waals surface area contributed by atoms with E-state index in [4.69, 9.17) is 19.9 Å². The molecule has 0 saturated carbocycles. The molecule has 0 aliphatic carbocycles. The molecule has 140 valence electrons. The SMILES string of the molecule is CN1C(=O)[C@@H](OC(N)=O)COc2ccc(OCC(=O)c3ccccn3)cc21. The van der Waals surface area contributed by atoms with Crippen LogP contribution >= 0.6 is 0 Å². The van der Waals surface area contributed by atoms with Gasteiger partial charge in [-0.3, -0.25) is 14.6 Å². The van der Waals surface area contributed by atoms with E-state index in [0.717, 1.165) is 0 Å². The Morgan fingerprint density at radius 1 is 1.33 bits per heavy atom. The van der Waals surface area contributed by atoms with Gasteiger partial charge in [0.1, 0.15) is 23.8 Å². The molecule has 0 spiro atoms. The lowest BCUT2D eigenvalue weighted by Crippen LogP contribution is -2.41. The number of benzene rings is 1. The number of likely N-dealkylation sites (N-methyl/N-ethyl adjacent to an activating group) is 1. The number of fused-ring (bicyclic) bond motifs is 1. The Morgan fingerprint density at radius 3 is 2.85 bits per heavy atom. The summed E-state index contributed by atoms with van der Waals surface area (Å²) >= 11 is 0. The number of aromatic nitrogens is 1. The molecule has 3 rings (SSSR count). The maximum atomic E-state index is 12.4. The van der Waals surface area contributed by atoms with Crippen molar-refractivity contribution in [3.8, 4) is 11.5 Å². The van der Waals surface area contributed by atoms with Crippen LogP contribution in [-0.2, 0) is 9.53 Å². The van der Waals surface area contributed by atoms with Crippen LogP contribution in [-0.4, -0.2) is 49.1 Å². The fourth-order valence-corrected chi connectivity index (χ4v) is 2.52. The van der Waals surface area contributed by atoms with Gasteiger partial charge in [-0.05, 0) is 24.3 Å². The third-order valence-corrected chi connectivity index (χ3v) is 3.87. The zero-order chi connectivity index (χ0) is 19.4. The van der Waals surface area contributed by atoms with E-state index in [1.54, 1.807) is 36.4 Å². The number of rotatable bonds is 5. The number of hydrogen-bond donors (Lipinski definition) is 1. The molecule has 0 saturated heterocycles. The average molecular weight is 371 g/mol. The van der Waals surface area contributed by atoms with Crippen molar-refractivity contribution in [3.63, 3.8) is 0 Å². The molecule has 1 aromatic heterocycles. The van der Waals surface area contributed by atoms with E-state index in [9.17, 15) is 14.4 Å². The Hall–Kier alpha value is -3.62.